The van der Waals surface area contributed by atoms with Crippen LogP contribution in [0.3, 0.4) is 0 Å². The number of aliphatic imine (C=N–C) groups is 2. The molecule has 2 aliphatic carbocycles. The first-order chi connectivity index (χ1) is 20.8. The number of nitrogens with zero attached hydrogens (tertiary/aromatic N) is 2. The molecular formula is C38H40N2O2. The summed E-state index contributed by atoms with van der Waals surface area (Å²) in [4.78, 5) is 10.6. The van der Waals surface area contributed by atoms with Crippen molar-refractivity contribution in [3.63, 3.8) is 0 Å². The fourth-order valence-corrected chi connectivity index (χ4v) is 8.03. The summed E-state index contributed by atoms with van der Waals surface area (Å²) < 4.78 is 13.0. The molecule has 0 unspecified atom stereocenters. The van der Waals surface area contributed by atoms with Crippen LogP contribution in [0, 0.1) is 11.8 Å². The van der Waals surface area contributed by atoms with Crippen LogP contribution in [-0.4, -0.2) is 37.1 Å². The molecule has 4 aromatic carbocycles. The highest BCUT2D eigenvalue weighted by Crippen LogP contribution is 2.42. The molecule has 0 N–H and O–H groups in total. The molecule has 2 atom stereocenters. The normalized spacial score (nSPS) is 23.5. The van der Waals surface area contributed by atoms with Gasteiger partial charge in [0, 0.05) is 22.3 Å². The number of hydrogen-bond acceptors (Lipinski definition) is 4. The van der Waals surface area contributed by atoms with Gasteiger partial charge in [-0.25, -0.2) is 9.98 Å². The Kier molecular flexibility index (Phi) is 6.94. The number of hydrogen-bond donors (Lipinski definition) is 0. The van der Waals surface area contributed by atoms with E-state index in [0.29, 0.717) is 25.0 Å². The van der Waals surface area contributed by atoms with Crippen molar-refractivity contribution in [1.29, 1.82) is 0 Å². The van der Waals surface area contributed by atoms with Crippen LogP contribution in [0.1, 0.15) is 75.3 Å². The van der Waals surface area contributed by atoms with E-state index in [2.05, 4.69) is 72.8 Å². The Hall–Kier alpha value is -3.66. The zero-order valence-electron chi connectivity index (χ0n) is 24.4. The molecule has 0 bridgehead atoms. The number of ether oxygens (including phenoxy) is 2. The molecule has 2 saturated carbocycles. The lowest BCUT2D eigenvalue weighted by atomic mass is 9.84. The first-order valence-electron chi connectivity index (χ1n) is 16.3. The van der Waals surface area contributed by atoms with E-state index in [1.54, 1.807) is 0 Å². The van der Waals surface area contributed by atoms with E-state index < -0.39 is 0 Å². The van der Waals surface area contributed by atoms with Gasteiger partial charge >= 0.3 is 0 Å². The molecule has 214 valence electrons. The van der Waals surface area contributed by atoms with Crippen LogP contribution in [0.15, 0.2) is 82.8 Å². The smallest absolute Gasteiger partial charge is 0.217 e. The van der Waals surface area contributed by atoms with Gasteiger partial charge < -0.3 is 9.47 Å². The van der Waals surface area contributed by atoms with E-state index in [1.165, 1.54) is 96.9 Å². The second-order valence-corrected chi connectivity index (χ2v) is 12.8. The summed E-state index contributed by atoms with van der Waals surface area (Å²) in [7, 11) is 0. The van der Waals surface area contributed by atoms with Crippen molar-refractivity contribution in [2.24, 2.45) is 21.8 Å². The zero-order valence-corrected chi connectivity index (χ0v) is 24.4. The van der Waals surface area contributed by atoms with Crippen LogP contribution in [0.5, 0.6) is 0 Å². The fourth-order valence-electron chi connectivity index (χ4n) is 8.03. The molecule has 0 radical (unpaired) electrons. The zero-order chi connectivity index (χ0) is 27.9. The first-order valence-corrected chi connectivity index (χ1v) is 16.3. The minimum absolute atomic E-state index is 0.255. The van der Waals surface area contributed by atoms with Crippen molar-refractivity contribution < 1.29 is 9.47 Å². The topological polar surface area (TPSA) is 43.2 Å². The lowest BCUT2D eigenvalue weighted by Gasteiger charge is -2.24. The molecule has 4 aromatic rings. The maximum Gasteiger partial charge on any atom is 0.217 e. The Balaban J connectivity index is 1.31. The molecule has 4 aliphatic rings. The van der Waals surface area contributed by atoms with E-state index in [1.807, 2.05) is 0 Å². The molecule has 0 spiro atoms. The number of fused-ring (bicyclic) bond motifs is 2. The maximum absolute atomic E-state index is 6.48. The number of benzene rings is 4. The van der Waals surface area contributed by atoms with Gasteiger partial charge in [0.15, 0.2) is 0 Å². The molecule has 4 nitrogen and oxygen atoms in total. The van der Waals surface area contributed by atoms with E-state index in [-0.39, 0.29) is 12.1 Å². The Morgan fingerprint density at radius 2 is 0.905 bits per heavy atom. The molecule has 0 amide bonds. The molecule has 0 aromatic heterocycles. The second kappa shape index (κ2) is 11.2. The van der Waals surface area contributed by atoms with Gasteiger partial charge in [0.1, 0.15) is 13.2 Å². The molecule has 42 heavy (non-hydrogen) atoms. The largest absolute Gasteiger partial charge is 0.475 e. The van der Waals surface area contributed by atoms with Gasteiger partial charge in [-0.3, -0.25) is 0 Å². The summed E-state index contributed by atoms with van der Waals surface area (Å²) in [5.74, 6) is 2.84. The average Bonchev–Trinajstić information content (AvgIpc) is 3.76. The quantitative estimate of drug-likeness (QED) is 0.246. The Morgan fingerprint density at radius 1 is 0.476 bits per heavy atom. The third-order valence-corrected chi connectivity index (χ3v) is 10.3. The van der Waals surface area contributed by atoms with Crippen LogP contribution in [-0.2, 0) is 9.47 Å². The summed E-state index contributed by atoms with van der Waals surface area (Å²) >= 11 is 0. The van der Waals surface area contributed by atoms with Gasteiger partial charge in [-0.2, -0.15) is 0 Å². The standard InChI is InChI=1S/C38H40N2O2/c1-3-13-27(14-4-1)33-23-41-37(39-33)31-21-19-25-11-7-9-17-29(25)35(31)36-30-18-10-8-12-26(30)20-22-32(36)38-40-34(24-42-38)28-15-5-2-6-16-28/h7-12,17-22,27-28,33-34H,1-6,13-16,23-24H2/t33-,34-/m0/s1. The Bertz CT molecular complexity index is 1550. The van der Waals surface area contributed by atoms with Gasteiger partial charge in [0.05, 0.1) is 12.1 Å². The van der Waals surface area contributed by atoms with Crippen LogP contribution >= 0.6 is 0 Å². The van der Waals surface area contributed by atoms with Crippen molar-refractivity contribution in [3.8, 4) is 11.1 Å². The minimum Gasteiger partial charge on any atom is -0.475 e. The van der Waals surface area contributed by atoms with Crippen molar-refractivity contribution in [1.82, 2.24) is 0 Å². The first kappa shape index (κ1) is 26.0. The predicted molar refractivity (Wildman–Crippen MR) is 173 cm³/mol. The van der Waals surface area contributed by atoms with Gasteiger partial charge in [0.2, 0.25) is 11.8 Å². The minimum atomic E-state index is 0.255. The highest BCUT2D eigenvalue weighted by atomic mass is 16.5. The van der Waals surface area contributed by atoms with Crippen molar-refractivity contribution in [2.45, 2.75) is 76.3 Å². The van der Waals surface area contributed by atoms with E-state index in [9.17, 15) is 0 Å². The SMILES string of the molecule is c1ccc2c(-c3c(C4=N[C@H](C5CCCCC5)CO4)ccc4ccccc34)c(C3=N[C@H](C4CCCCC4)CO3)ccc2c1. The molecule has 2 fully saturated rings. The van der Waals surface area contributed by atoms with Crippen molar-refractivity contribution in [2.75, 3.05) is 13.2 Å². The van der Waals surface area contributed by atoms with E-state index >= 15 is 0 Å². The van der Waals surface area contributed by atoms with Crippen LogP contribution < -0.4 is 0 Å². The average molecular weight is 557 g/mol. The summed E-state index contributed by atoms with van der Waals surface area (Å²) in [5, 5.41) is 4.85. The van der Waals surface area contributed by atoms with Crippen molar-refractivity contribution in [3.05, 3.63) is 83.9 Å². The fraction of sp³-hybridized carbons (Fsp3) is 0.421. The third-order valence-electron chi connectivity index (χ3n) is 10.3. The van der Waals surface area contributed by atoms with E-state index in [4.69, 9.17) is 19.5 Å². The van der Waals surface area contributed by atoms with Crippen LogP contribution in [0.4, 0.5) is 0 Å². The summed E-state index contributed by atoms with van der Waals surface area (Å²) in [6.07, 6.45) is 13.0. The predicted octanol–water partition coefficient (Wildman–Crippen LogP) is 9.11. The van der Waals surface area contributed by atoms with Crippen LogP contribution in [0.2, 0.25) is 0 Å². The van der Waals surface area contributed by atoms with E-state index in [0.717, 1.165) is 22.9 Å². The second-order valence-electron chi connectivity index (χ2n) is 12.8. The Morgan fingerprint density at radius 3 is 1.36 bits per heavy atom. The van der Waals surface area contributed by atoms with Gasteiger partial charge in [-0.15, -0.1) is 0 Å². The Labute approximate surface area is 248 Å². The lowest BCUT2D eigenvalue weighted by Crippen LogP contribution is -2.22. The molecule has 4 heteroatoms. The number of rotatable bonds is 5. The summed E-state index contributed by atoms with van der Waals surface area (Å²) in [6, 6.07) is 26.9. The summed E-state index contributed by atoms with van der Waals surface area (Å²) in [5.41, 5.74) is 4.50. The molecule has 0 saturated heterocycles. The molecule has 8 rings (SSSR count). The summed E-state index contributed by atoms with van der Waals surface area (Å²) in [6.45, 7) is 1.38. The molecular weight excluding hydrogens is 516 g/mol. The highest BCUT2D eigenvalue weighted by molar-refractivity contribution is 6.19. The van der Waals surface area contributed by atoms with Gasteiger partial charge in [-0.05, 0) is 71.2 Å². The van der Waals surface area contributed by atoms with Gasteiger partial charge in [-0.1, -0.05) is 99.2 Å². The van der Waals surface area contributed by atoms with Gasteiger partial charge in [0.25, 0.3) is 0 Å². The maximum atomic E-state index is 6.48. The monoisotopic (exact) mass is 556 g/mol. The molecule has 2 aliphatic heterocycles. The lowest BCUT2D eigenvalue weighted by molar-refractivity contribution is 0.240. The molecule has 2 heterocycles. The highest BCUT2D eigenvalue weighted by Gasteiger charge is 2.33. The third kappa shape index (κ3) is 4.69. The van der Waals surface area contributed by atoms with Crippen molar-refractivity contribution >= 4 is 33.3 Å². The van der Waals surface area contributed by atoms with Crippen LogP contribution in [0.25, 0.3) is 32.7 Å².